The Morgan fingerprint density at radius 2 is 1.87 bits per heavy atom. The number of aromatic nitrogens is 1. The van der Waals surface area contributed by atoms with Gasteiger partial charge in [0.15, 0.2) is 0 Å². The van der Waals surface area contributed by atoms with Crippen molar-refractivity contribution in [1.29, 1.82) is 5.26 Å². The highest BCUT2D eigenvalue weighted by Gasteiger charge is 2.25. The molecule has 5 heteroatoms. The largest absolute Gasteiger partial charge is 0.351 e. The highest BCUT2D eigenvalue weighted by Crippen LogP contribution is 2.29. The molecular formula is C26H28N4O. The van der Waals surface area contributed by atoms with Gasteiger partial charge in [-0.05, 0) is 80.0 Å². The maximum Gasteiger partial charge on any atom is 0.267 e. The summed E-state index contributed by atoms with van der Waals surface area (Å²) in [6, 6.07) is 18.5. The van der Waals surface area contributed by atoms with Gasteiger partial charge < -0.3 is 10.3 Å². The molecule has 2 N–H and O–H groups in total. The van der Waals surface area contributed by atoms with Crippen molar-refractivity contribution in [2.75, 3.05) is 6.54 Å². The second kappa shape index (κ2) is 8.56. The fourth-order valence-electron chi connectivity index (χ4n) is 5.11. The van der Waals surface area contributed by atoms with Crippen molar-refractivity contribution in [2.24, 2.45) is 5.92 Å². The summed E-state index contributed by atoms with van der Waals surface area (Å²) in [5.41, 5.74) is 5.08. The van der Waals surface area contributed by atoms with Gasteiger partial charge in [-0.25, -0.2) is 0 Å². The van der Waals surface area contributed by atoms with E-state index >= 15 is 0 Å². The predicted molar refractivity (Wildman–Crippen MR) is 121 cm³/mol. The summed E-state index contributed by atoms with van der Waals surface area (Å²) in [5.74, 6) is 0.742. The van der Waals surface area contributed by atoms with Crippen LogP contribution < -0.4 is 5.32 Å². The van der Waals surface area contributed by atoms with Gasteiger partial charge in [-0.2, -0.15) is 5.26 Å². The van der Waals surface area contributed by atoms with Crippen molar-refractivity contribution in [3.05, 3.63) is 70.9 Å². The van der Waals surface area contributed by atoms with Crippen molar-refractivity contribution in [3.63, 3.8) is 0 Å². The van der Waals surface area contributed by atoms with Gasteiger partial charge in [0.05, 0.1) is 11.6 Å². The molecule has 0 radical (unpaired) electrons. The van der Waals surface area contributed by atoms with Gasteiger partial charge in [-0.1, -0.05) is 24.3 Å². The van der Waals surface area contributed by atoms with Crippen LogP contribution in [0, 0.1) is 17.2 Å². The molecule has 0 saturated heterocycles. The van der Waals surface area contributed by atoms with Crippen LogP contribution in [-0.2, 0) is 13.1 Å². The number of rotatable bonds is 5. The Kier molecular flexibility index (Phi) is 5.48. The van der Waals surface area contributed by atoms with Crippen molar-refractivity contribution in [3.8, 4) is 6.07 Å². The predicted octanol–water partition coefficient (Wildman–Crippen LogP) is 4.73. The van der Waals surface area contributed by atoms with E-state index in [1.807, 2.05) is 42.5 Å². The Morgan fingerprint density at radius 1 is 1.06 bits per heavy atom. The van der Waals surface area contributed by atoms with E-state index in [0.717, 1.165) is 54.9 Å². The lowest BCUT2D eigenvalue weighted by atomic mass is 9.84. The lowest BCUT2D eigenvalue weighted by Gasteiger charge is -2.30. The maximum absolute atomic E-state index is 12.6. The number of nitrogens with one attached hydrogen (secondary N) is 2. The minimum absolute atomic E-state index is 0.00576. The van der Waals surface area contributed by atoms with E-state index in [9.17, 15) is 4.79 Å². The molecule has 1 fully saturated rings. The zero-order chi connectivity index (χ0) is 21.2. The van der Waals surface area contributed by atoms with E-state index in [4.69, 9.17) is 5.26 Å². The number of hydrogen-bond donors (Lipinski definition) is 2. The van der Waals surface area contributed by atoms with Crippen molar-refractivity contribution in [2.45, 2.75) is 51.2 Å². The standard InChI is InChI=1S/C26H28N4O/c27-15-19-5-8-21-16-30(17-22(21)13-19)12-11-18-6-9-23(10-7-18)28-26(31)25-14-20-3-1-2-4-24(20)29-25/h1-5,8,13-14,18,23,29H,6-7,9-12,16-17H2,(H,28,31). The van der Waals surface area contributed by atoms with E-state index in [0.29, 0.717) is 5.69 Å². The van der Waals surface area contributed by atoms with Gasteiger partial charge in [0.25, 0.3) is 5.91 Å². The number of amides is 1. The van der Waals surface area contributed by atoms with Crippen molar-refractivity contribution in [1.82, 2.24) is 15.2 Å². The number of nitriles is 1. The molecule has 31 heavy (non-hydrogen) atoms. The number of benzene rings is 2. The van der Waals surface area contributed by atoms with Crippen LogP contribution in [0.3, 0.4) is 0 Å². The Hall–Kier alpha value is -3.10. The first kappa shape index (κ1) is 19.8. The maximum atomic E-state index is 12.6. The Morgan fingerprint density at radius 3 is 2.68 bits per heavy atom. The Balaban J connectivity index is 1.07. The molecule has 5 nitrogen and oxygen atoms in total. The fraction of sp³-hybridized carbons (Fsp3) is 0.385. The number of fused-ring (bicyclic) bond motifs is 2. The topological polar surface area (TPSA) is 71.9 Å². The van der Waals surface area contributed by atoms with E-state index < -0.39 is 0 Å². The fourth-order valence-corrected chi connectivity index (χ4v) is 5.11. The highest BCUT2D eigenvalue weighted by atomic mass is 16.1. The Labute approximate surface area is 183 Å². The van der Waals surface area contributed by atoms with Gasteiger partial charge in [0.2, 0.25) is 0 Å². The smallest absolute Gasteiger partial charge is 0.267 e. The molecule has 2 heterocycles. The first-order valence-corrected chi connectivity index (χ1v) is 11.3. The van der Waals surface area contributed by atoms with Crippen molar-refractivity contribution < 1.29 is 4.79 Å². The van der Waals surface area contributed by atoms with E-state index in [-0.39, 0.29) is 11.9 Å². The first-order chi connectivity index (χ1) is 15.2. The number of nitrogens with zero attached hydrogens (tertiary/aromatic N) is 2. The van der Waals surface area contributed by atoms with Gasteiger partial charge in [0.1, 0.15) is 5.69 Å². The molecular weight excluding hydrogens is 384 g/mol. The zero-order valence-corrected chi connectivity index (χ0v) is 17.7. The number of para-hydroxylation sites is 1. The zero-order valence-electron chi connectivity index (χ0n) is 17.7. The van der Waals surface area contributed by atoms with Crippen LogP contribution in [0.2, 0.25) is 0 Å². The first-order valence-electron chi connectivity index (χ1n) is 11.3. The number of aromatic amines is 1. The highest BCUT2D eigenvalue weighted by molar-refractivity contribution is 5.98. The second-order valence-corrected chi connectivity index (χ2v) is 9.06. The molecule has 0 spiro atoms. The average Bonchev–Trinajstić information content (AvgIpc) is 3.42. The summed E-state index contributed by atoms with van der Waals surface area (Å²) in [5, 5.41) is 13.4. The molecule has 1 amide bonds. The van der Waals surface area contributed by atoms with E-state index in [1.54, 1.807) is 0 Å². The molecule has 1 aromatic heterocycles. The van der Waals surface area contributed by atoms with Crippen LogP contribution in [0.1, 0.15) is 59.3 Å². The Bertz CT molecular complexity index is 1100. The number of hydrogen-bond acceptors (Lipinski definition) is 3. The third-order valence-corrected chi connectivity index (χ3v) is 6.93. The normalized spacial score (nSPS) is 21.0. The molecule has 1 saturated carbocycles. The lowest BCUT2D eigenvalue weighted by molar-refractivity contribution is 0.0915. The third-order valence-electron chi connectivity index (χ3n) is 6.93. The summed E-state index contributed by atoms with van der Waals surface area (Å²) < 4.78 is 0. The number of carbonyl (C=O) groups is 1. The van der Waals surface area contributed by atoms with Crippen molar-refractivity contribution >= 4 is 16.8 Å². The SMILES string of the molecule is N#Cc1ccc2c(c1)CN(CCC1CCC(NC(=O)c3cc4ccccc4[nH]3)CC1)C2. The van der Waals surface area contributed by atoms with Crippen LogP contribution in [0.15, 0.2) is 48.5 Å². The average molecular weight is 413 g/mol. The third kappa shape index (κ3) is 4.35. The lowest BCUT2D eigenvalue weighted by Crippen LogP contribution is -2.38. The monoisotopic (exact) mass is 412 g/mol. The molecule has 2 aliphatic rings. The summed E-state index contributed by atoms with van der Waals surface area (Å²) in [4.78, 5) is 18.4. The van der Waals surface area contributed by atoms with Gasteiger partial charge in [0, 0.05) is 30.0 Å². The van der Waals surface area contributed by atoms with Crippen LogP contribution in [0.25, 0.3) is 10.9 Å². The quantitative estimate of drug-likeness (QED) is 0.636. The molecule has 0 bridgehead atoms. The van der Waals surface area contributed by atoms with Crippen LogP contribution >= 0.6 is 0 Å². The number of H-pyrrole nitrogens is 1. The summed E-state index contributed by atoms with van der Waals surface area (Å²) in [6.07, 6.45) is 5.68. The molecule has 1 aliphatic heterocycles. The molecule has 0 atom stereocenters. The molecule has 3 aromatic rings. The molecule has 2 aromatic carbocycles. The van der Waals surface area contributed by atoms with E-state index in [2.05, 4.69) is 27.3 Å². The van der Waals surface area contributed by atoms with Gasteiger partial charge >= 0.3 is 0 Å². The van der Waals surface area contributed by atoms with Crippen LogP contribution in [0.4, 0.5) is 0 Å². The minimum Gasteiger partial charge on any atom is -0.351 e. The minimum atomic E-state index is 0.00576. The molecule has 1 aliphatic carbocycles. The van der Waals surface area contributed by atoms with E-state index in [1.165, 1.54) is 30.4 Å². The van der Waals surface area contributed by atoms with Gasteiger partial charge in [-0.15, -0.1) is 0 Å². The summed E-state index contributed by atoms with van der Waals surface area (Å²) >= 11 is 0. The van der Waals surface area contributed by atoms with Gasteiger partial charge in [-0.3, -0.25) is 9.69 Å². The summed E-state index contributed by atoms with van der Waals surface area (Å²) in [6.45, 7) is 3.06. The molecule has 0 unspecified atom stereocenters. The molecule has 158 valence electrons. The van der Waals surface area contributed by atoms with Crippen LogP contribution in [0.5, 0.6) is 0 Å². The second-order valence-electron chi connectivity index (χ2n) is 9.06. The molecule has 5 rings (SSSR count). The summed E-state index contributed by atoms with van der Waals surface area (Å²) in [7, 11) is 0. The van der Waals surface area contributed by atoms with Crippen LogP contribution in [-0.4, -0.2) is 28.4 Å². The number of carbonyl (C=O) groups excluding carboxylic acids is 1.